The topological polar surface area (TPSA) is 41.3 Å². The van der Waals surface area contributed by atoms with Crippen LogP contribution in [-0.4, -0.2) is 24.0 Å². The molecule has 0 radical (unpaired) electrons. The molecule has 2 aliphatic heterocycles. The Morgan fingerprint density at radius 1 is 1.30 bits per heavy atom. The van der Waals surface area contributed by atoms with Crippen LogP contribution in [0.15, 0.2) is 18.2 Å². The van der Waals surface area contributed by atoms with Crippen LogP contribution in [0, 0.1) is 12.8 Å². The van der Waals surface area contributed by atoms with Crippen LogP contribution in [0.25, 0.3) is 0 Å². The number of benzene rings is 1. The highest BCUT2D eigenvalue weighted by Gasteiger charge is 2.41. The van der Waals surface area contributed by atoms with E-state index in [1.165, 1.54) is 31.2 Å². The van der Waals surface area contributed by atoms with E-state index in [1.54, 1.807) is 0 Å². The van der Waals surface area contributed by atoms with E-state index in [1.807, 2.05) is 6.92 Å². The van der Waals surface area contributed by atoms with E-state index in [2.05, 4.69) is 35.6 Å². The van der Waals surface area contributed by atoms with E-state index in [9.17, 15) is 0 Å². The summed E-state index contributed by atoms with van der Waals surface area (Å²) in [4.78, 5) is 2.56. The lowest BCUT2D eigenvalue weighted by atomic mass is 9.82. The molecule has 2 saturated heterocycles. The first-order chi connectivity index (χ1) is 9.60. The Balaban J connectivity index is 1.81. The fourth-order valence-corrected chi connectivity index (χ4v) is 4.22. The van der Waals surface area contributed by atoms with Gasteiger partial charge in [0.15, 0.2) is 0 Å². The van der Waals surface area contributed by atoms with Crippen molar-refractivity contribution in [1.82, 2.24) is 10.3 Å². The van der Waals surface area contributed by atoms with Gasteiger partial charge < -0.3 is 4.90 Å². The quantitative estimate of drug-likeness (QED) is 0.665. The third kappa shape index (κ3) is 2.48. The molecule has 0 aromatic heterocycles. The minimum Gasteiger partial charge on any atom is -0.300 e. The smallest absolute Gasteiger partial charge is 0.0489 e. The number of nitrogens with two attached hydrogens (primary N) is 1. The van der Waals surface area contributed by atoms with Crippen LogP contribution < -0.4 is 11.3 Å². The lowest BCUT2D eigenvalue weighted by Gasteiger charge is -2.39. The average Bonchev–Trinajstić information content (AvgIpc) is 2.65. The van der Waals surface area contributed by atoms with Crippen molar-refractivity contribution in [3.05, 3.63) is 34.3 Å². The van der Waals surface area contributed by atoms with E-state index >= 15 is 0 Å². The van der Waals surface area contributed by atoms with Crippen LogP contribution in [0.3, 0.4) is 0 Å². The number of nitrogens with one attached hydrogen (secondary N) is 1. The van der Waals surface area contributed by atoms with Crippen molar-refractivity contribution in [2.45, 2.75) is 50.7 Å². The molecule has 4 heteroatoms. The monoisotopic (exact) mass is 293 g/mol. The molecule has 0 spiro atoms. The molecule has 0 saturated carbocycles. The summed E-state index contributed by atoms with van der Waals surface area (Å²) in [5.41, 5.74) is 5.38. The number of hydrogen-bond donors (Lipinski definition) is 2. The van der Waals surface area contributed by atoms with E-state index in [0.717, 1.165) is 22.7 Å². The van der Waals surface area contributed by atoms with Gasteiger partial charge in [-0.05, 0) is 62.8 Å². The SMILES string of the molecule is Cc1ccc(C(NN)C2CC3CCC(C2)N3C)cc1Cl. The van der Waals surface area contributed by atoms with Crippen LogP contribution in [0.5, 0.6) is 0 Å². The summed E-state index contributed by atoms with van der Waals surface area (Å²) in [5.74, 6) is 6.47. The first-order valence-corrected chi connectivity index (χ1v) is 7.92. The molecular weight excluding hydrogens is 270 g/mol. The first-order valence-electron chi connectivity index (χ1n) is 7.54. The van der Waals surface area contributed by atoms with Gasteiger partial charge in [-0.2, -0.15) is 0 Å². The molecule has 110 valence electrons. The Morgan fingerprint density at radius 3 is 2.50 bits per heavy atom. The van der Waals surface area contributed by atoms with Crippen LogP contribution >= 0.6 is 11.6 Å². The average molecular weight is 294 g/mol. The number of halogens is 1. The van der Waals surface area contributed by atoms with Crippen molar-refractivity contribution >= 4 is 11.6 Å². The van der Waals surface area contributed by atoms with Crippen LogP contribution in [0.1, 0.15) is 42.9 Å². The molecule has 3 rings (SSSR count). The fraction of sp³-hybridized carbons (Fsp3) is 0.625. The summed E-state index contributed by atoms with van der Waals surface area (Å²) in [6.07, 6.45) is 5.13. The van der Waals surface area contributed by atoms with Crippen LogP contribution in [0.4, 0.5) is 0 Å². The van der Waals surface area contributed by atoms with Gasteiger partial charge in [-0.15, -0.1) is 0 Å². The van der Waals surface area contributed by atoms with Gasteiger partial charge in [-0.3, -0.25) is 11.3 Å². The molecule has 0 aliphatic carbocycles. The zero-order valence-corrected chi connectivity index (χ0v) is 13.0. The predicted octanol–water partition coefficient (Wildman–Crippen LogP) is 3.03. The van der Waals surface area contributed by atoms with Crippen molar-refractivity contribution in [1.29, 1.82) is 0 Å². The number of rotatable bonds is 3. The van der Waals surface area contributed by atoms with Crippen molar-refractivity contribution in [3.63, 3.8) is 0 Å². The predicted molar refractivity (Wildman–Crippen MR) is 83.6 cm³/mol. The Morgan fingerprint density at radius 2 is 1.95 bits per heavy atom. The Labute approximate surface area is 126 Å². The number of fused-ring (bicyclic) bond motifs is 2. The zero-order chi connectivity index (χ0) is 14.3. The van der Waals surface area contributed by atoms with Gasteiger partial charge >= 0.3 is 0 Å². The molecule has 3 atom stereocenters. The van der Waals surface area contributed by atoms with E-state index in [4.69, 9.17) is 17.4 Å². The largest absolute Gasteiger partial charge is 0.300 e. The van der Waals surface area contributed by atoms with Crippen molar-refractivity contribution in [3.8, 4) is 0 Å². The van der Waals surface area contributed by atoms with E-state index in [-0.39, 0.29) is 6.04 Å². The minimum atomic E-state index is 0.213. The molecule has 1 aromatic rings. The minimum absolute atomic E-state index is 0.213. The molecule has 2 aliphatic rings. The van der Waals surface area contributed by atoms with Crippen LogP contribution in [-0.2, 0) is 0 Å². The Hall–Kier alpha value is -0.610. The second-order valence-corrected chi connectivity index (χ2v) is 6.84. The van der Waals surface area contributed by atoms with Crippen molar-refractivity contribution in [2.24, 2.45) is 11.8 Å². The molecular formula is C16H24ClN3. The van der Waals surface area contributed by atoms with Gasteiger partial charge in [0.05, 0.1) is 0 Å². The van der Waals surface area contributed by atoms with Gasteiger partial charge in [0.2, 0.25) is 0 Å². The third-order valence-electron chi connectivity index (χ3n) is 5.34. The summed E-state index contributed by atoms with van der Waals surface area (Å²) in [6, 6.07) is 8.00. The molecule has 1 aromatic carbocycles. The molecule has 2 fully saturated rings. The van der Waals surface area contributed by atoms with Gasteiger partial charge in [-0.1, -0.05) is 23.7 Å². The molecule has 2 heterocycles. The molecule has 3 unspecified atom stereocenters. The third-order valence-corrected chi connectivity index (χ3v) is 5.75. The number of piperidine rings is 1. The van der Waals surface area contributed by atoms with E-state index in [0.29, 0.717) is 5.92 Å². The van der Waals surface area contributed by atoms with Crippen molar-refractivity contribution < 1.29 is 0 Å². The Kier molecular flexibility index (Phi) is 4.04. The highest BCUT2D eigenvalue weighted by atomic mass is 35.5. The summed E-state index contributed by atoms with van der Waals surface area (Å²) >= 11 is 6.27. The molecule has 3 nitrogen and oxygen atoms in total. The fourth-order valence-electron chi connectivity index (χ4n) is 4.03. The standard InChI is InChI=1S/C16H24ClN3/c1-10-3-4-11(9-15(10)17)16(19-18)12-7-13-5-6-14(8-12)20(13)2/h3-4,9,12-14,16,19H,5-8,18H2,1-2H3. The number of nitrogens with zero attached hydrogens (tertiary/aromatic N) is 1. The normalized spacial score (nSPS) is 31.5. The maximum Gasteiger partial charge on any atom is 0.0489 e. The van der Waals surface area contributed by atoms with Gasteiger partial charge in [-0.25, -0.2) is 0 Å². The molecule has 0 amide bonds. The van der Waals surface area contributed by atoms with E-state index < -0.39 is 0 Å². The maximum absolute atomic E-state index is 6.27. The zero-order valence-electron chi connectivity index (χ0n) is 12.3. The summed E-state index contributed by atoms with van der Waals surface area (Å²) in [7, 11) is 2.27. The lowest BCUT2D eigenvalue weighted by molar-refractivity contribution is 0.112. The summed E-state index contributed by atoms with van der Waals surface area (Å²) < 4.78 is 0. The maximum atomic E-state index is 6.27. The first kappa shape index (κ1) is 14.3. The summed E-state index contributed by atoms with van der Waals surface area (Å²) in [6.45, 7) is 2.03. The number of hydrogen-bond acceptors (Lipinski definition) is 3. The second kappa shape index (κ2) is 5.64. The lowest BCUT2D eigenvalue weighted by Crippen LogP contribution is -2.45. The van der Waals surface area contributed by atoms with Crippen molar-refractivity contribution in [2.75, 3.05) is 7.05 Å². The number of hydrazine groups is 1. The Bertz CT molecular complexity index is 477. The highest BCUT2D eigenvalue weighted by molar-refractivity contribution is 6.31. The van der Waals surface area contributed by atoms with Crippen LogP contribution in [0.2, 0.25) is 5.02 Å². The molecule has 3 N–H and O–H groups in total. The van der Waals surface area contributed by atoms with Gasteiger partial charge in [0.1, 0.15) is 0 Å². The number of aryl methyl sites for hydroxylation is 1. The van der Waals surface area contributed by atoms with Gasteiger partial charge in [0.25, 0.3) is 0 Å². The van der Waals surface area contributed by atoms with Gasteiger partial charge in [0, 0.05) is 23.1 Å². The summed E-state index contributed by atoms with van der Waals surface area (Å²) in [5, 5.41) is 0.832. The molecule has 2 bridgehead atoms. The second-order valence-electron chi connectivity index (χ2n) is 6.43. The highest BCUT2D eigenvalue weighted by Crippen LogP contribution is 2.42. The molecule has 20 heavy (non-hydrogen) atoms.